The van der Waals surface area contributed by atoms with E-state index < -0.39 is 6.61 Å². The van der Waals surface area contributed by atoms with Crippen molar-refractivity contribution in [3.8, 4) is 11.5 Å². The van der Waals surface area contributed by atoms with Gasteiger partial charge in [0.1, 0.15) is 11.5 Å². The van der Waals surface area contributed by atoms with E-state index in [9.17, 15) is 13.6 Å². The molecule has 0 aliphatic heterocycles. The Bertz CT molecular complexity index is 673. The van der Waals surface area contributed by atoms with Crippen LogP contribution in [0, 0.1) is 5.92 Å². The van der Waals surface area contributed by atoms with Crippen molar-refractivity contribution < 1.29 is 23.0 Å². The van der Waals surface area contributed by atoms with Crippen molar-refractivity contribution in [3.63, 3.8) is 0 Å². The zero-order valence-corrected chi connectivity index (χ0v) is 19.0. The van der Waals surface area contributed by atoms with E-state index in [0.29, 0.717) is 37.0 Å². The highest BCUT2D eigenvalue weighted by Gasteiger charge is 2.28. The summed E-state index contributed by atoms with van der Waals surface area (Å²) in [7, 11) is 1.61. The number of carbonyl (C=O) groups is 1. The number of carbonyl (C=O) groups excluding carboxylic acids is 1. The highest BCUT2D eigenvalue weighted by molar-refractivity contribution is 14.0. The van der Waals surface area contributed by atoms with Crippen LogP contribution in [0.4, 0.5) is 8.78 Å². The number of nitrogens with one attached hydrogen (secondary N) is 3. The third-order valence-electron chi connectivity index (χ3n) is 4.06. The summed E-state index contributed by atoms with van der Waals surface area (Å²) >= 11 is 0. The quantitative estimate of drug-likeness (QED) is 0.179. The monoisotopic (exact) mass is 526 g/mol. The third kappa shape index (κ3) is 9.46. The van der Waals surface area contributed by atoms with Gasteiger partial charge in [-0.05, 0) is 31.4 Å². The molecule has 1 saturated carbocycles. The van der Waals surface area contributed by atoms with Crippen molar-refractivity contribution in [2.75, 3.05) is 26.7 Å². The van der Waals surface area contributed by atoms with E-state index in [2.05, 4.69) is 25.7 Å². The molecule has 1 fully saturated rings. The molecule has 0 aromatic heterocycles. The molecule has 0 saturated heterocycles. The maximum absolute atomic E-state index is 12.7. The van der Waals surface area contributed by atoms with E-state index in [-0.39, 0.29) is 48.1 Å². The lowest BCUT2D eigenvalue weighted by Gasteiger charge is -2.16. The van der Waals surface area contributed by atoms with Gasteiger partial charge in [0.15, 0.2) is 5.96 Å². The fraction of sp³-hybridized carbons (Fsp3) is 0.579. The lowest BCUT2D eigenvalue weighted by atomic mass is 10.2. The summed E-state index contributed by atoms with van der Waals surface area (Å²) in [6.45, 7) is 0.767. The maximum atomic E-state index is 12.7. The first-order valence-corrected chi connectivity index (χ1v) is 9.46. The number of hydrogen-bond donors (Lipinski definition) is 3. The Kier molecular flexibility index (Phi) is 11.6. The topological polar surface area (TPSA) is 84.0 Å². The Hall–Kier alpha value is -1.85. The first-order chi connectivity index (χ1) is 13.5. The summed E-state index contributed by atoms with van der Waals surface area (Å²) in [4.78, 5) is 15.7. The molecule has 10 heteroatoms. The second kappa shape index (κ2) is 13.4. The number of amides is 1. The van der Waals surface area contributed by atoms with Crippen LogP contribution in [0.2, 0.25) is 0 Å². The summed E-state index contributed by atoms with van der Waals surface area (Å²) in [6, 6.07) is 4.86. The number of guanidine groups is 1. The minimum Gasteiger partial charge on any atom is -0.493 e. The van der Waals surface area contributed by atoms with Crippen molar-refractivity contribution in [3.05, 3.63) is 23.8 Å². The number of hydrogen-bond acceptors (Lipinski definition) is 4. The minimum absolute atomic E-state index is 0. The predicted octanol–water partition coefficient (Wildman–Crippen LogP) is 2.89. The summed E-state index contributed by atoms with van der Waals surface area (Å²) in [5.74, 6) is 1.30. The maximum Gasteiger partial charge on any atom is 0.387 e. The smallest absolute Gasteiger partial charge is 0.387 e. The van der Waals surface area contributed by atoms with E-state index in [4.69, 9.17) is 4.74 Å². The normalized spacial score (nSPS) is 13.5. The van der Waals surface area contributed by atoms with E-state index in [1.54, 1.807) is 19.2 Å². The third-order valence-corrected chi connectivity index (χ3v) is 4.06. The van der Waals surface area contributed by atoms with Crippen LogP contribution < -0.4 is 25.4 Å². The molecule has 0 radical (unpaired) electrons. The average molecular weight is 526 g/mol. The largest absolute Gasteiger partial charge is 0.493 e. The van der Waals surface area contributed by atoms with Crippen LogP contribution in [0.1, 0.15) is 31.7 Å². The van der Waals surface area contributed by atoms with E-state index in [1.165, 1.54) is 6.07 Å². The summed E-state index contributed by atoms with van der Waals surface area (Å²) in [5, 5.41) is 8.96. The van der Waals surface area contributed by atoms with Crippen LogP contribution in [0.3, 0.4) is 0 Å². The van der Waals surface area contributed by atoms with Gasteiger partial charge in [0.25, 0.3) is 0 Å². The van der Waals surface area contributed by atoms with Crippen molar-refractivity contribution in [1.29, 1.82) is 0 Å². The standard InChI is InChI=1S/C19H28F2N4O3.HI/c1-3-10-27-15-7-6-14(16(11-15)28-18(20)21)12-25-19(22-2)24-9-8-23-17(26)13-4-5-13;/h6-7,11,13,18H,3-5,8-10,12H2,1-2H3,(H,23,26)(H2,22,24,25);1H. The summed E-state index contributed by atoms with van der Waals surface area (Å²) in [6.07, 6.45) is 2.75. The Morgan fingerprint density at radius 3 is 2.59 bits per heavy atom. The molecular formula is C19H29F2IN4O3. The molecule has 3 N–H and O–H groups in total. The van der Waals surface area contributed by atoms with Gasteiger partial charge in [0, 0.05) is 44.2 Å². The first-order valence-electron chi connectivity index (χ1n) is 9.46. The van der Waals surface area contributed by atoms with Gasteiger partial charge < -0.3 is 25.4 Å². The van der Waals surface area contributed by atoms with Gasteiger partial charge >= 0.3 is 6.61 Å². The molecule has 29 heavy (non-hydrogen) atoms. The van der Waals surface area contributed by atoms with E-state index >= 15 is 0 Å². The van der Waals surface area contributed by atoms with Gasteiger partial charge in [-0.15, -0.1) is 24.0 Å². The van der Waals surface area contributed by atoms with Gasteiger partial charge in [0.2, 0.25) is 5.91 Å². The number of nitrogens with zero attached hydrogens (tertiary/aromatic N) is 1. The van der Waals surface area contributed by atoms with Crippen molar-refractivity contribution >= 4 is 35.8 Å². The lowest BCUT2D eigenvalue weighted by Crippen LogP contribution is -2.41. The molecule has 0 atom stereocenters. The molecular weight excluding hydrogens is 497 g/mol. The van der Waals surface area contributed by atoms with Crippen LogP contribution >= 0.6 is 24.0 Å². The van der Waals surface area contributed by atoms with Gasteiger partial charge in [0.05, 0.1) is 6.61 Å². The molecule has 164 valence electrons. The van der Waals surface area contributed by atoms with E-state index in [0.717, 1.165) is 19.3 Å². The number of halogens is 3. The Morgan fingerprint density at radius 2 is 1.97 bits per heavy atom. The van der Waals surface area contributed by atoms with Crippen LogP contribution in [0.5, 0.6) is 11.5 Å². The fourth-order valence-corrected chi connectivity index (χ4v) is 2.45. The van der Waals surface area contributed by atoms with Crippen LogP contribution in [0.25, 0.3) is 0 Å². The van der Waals surface area contributed by atoms with Gasteiger partial charge in [-0.3, -0.25) is 9.79 Å². The SMILES string of the molecule is CCCOc1ccc(CNC(=NC)NCCNC(=O)C2CC2)c(OC(F)F)c1.I. The number of benzene rings is 1. The molecule has 2 rings (SSSR count). The Labute approximate surface area is 187 Å². The molecule has 1 amide bonds. The molecule has 0 spiro atoms. The molecule has 1 aromatic rings. The second-order valence-corrected chi connectivity index (χ2v) is 6.41. The van der Waals surface area contributed by atoms with Gasteiger partial charge in [-0.2, -0.15) is 8.78 Å². The number of ether oxygens (including phenoxy) is 2. The predicted molar refractivity (Wildman–Crippen MR) is 118 cm³/mol. The first kappa shape index (κ1) is 25.2. The van der Waals surface area contributed by atoms with Crippen molar-refractivity contribution in [1.82, 2.24) is 16.0 Å². The summed E-state index contributed by atoms with van der Waals surface area (Å²) < 4.78 is 35.5. The molecule has 1 aromatic carbocycles. The molecule has 0 bridgehead atoms. The van der Waals surface area contributed by atoms with Crippen LogP contribution in [-0.2, 0) is 11.3 Å². The zero-order valence-electron chi connectivity index (χ0n) is 16.7. The highest BCUT2D eigenvalue weighted by atomic mass is 127. The molecule has 1 aliphatic rings. The lowest BCUT2D eigenvalue weighted by molar-refractivity contribution is -0.122. The molecule has 0 unspecified atom stereocenters. The molecule has 0 heterocycles. The number of alkyl halides is 2. The van der Waals surface area contributed by atoms with Gasteiger partial charge in [-0.25, -0.2) is 0 Å². The average Bonchev–Trinajstić information content (AvgIpc) is 3.51. The van der Waals surface area contributed by atoms with E-state index in [1.807, 2.05) is 6.92 Å². The molecule has 1 aliphatic carbocycles. The minimum atomic E-state index is -2.92. The highest BCUT2D eigenvalue weighted by Crippen LogP contribution is 2.28. The Morgan fingerprint density at radius 1 is 1.24 bits per heavy atom. The fourth-order valence-electron chi connectivity index (χ4n) is 2.45. The molecule has 7 nitrogen and oxygen atoms in total. The van der Waals surface area contributed by atoms with Crippen molar-refractivity contribution in [2.24, 2.45) is 10.9 Å². The number of aliphatic imine (C=N–C) groups is 1. The van der Waals surface area contributed by atoms with Gasteiger partial charge in [-0.1, -0.05) is 6.92 Å². The number of rotatable bonds is 11. The van der Waals surface area contributed by atoms with Crippen molar-refractivity contribution in [2.45, 2.75) is 39.3 Å². The van der Waals surface area contributed by atoms with Crippen LogP contribution in [0.15, 0.2) is 23.2 Å². The Balaban J connectivity index is 0.00000420. The second-order valence-electron chi connectivity index (χ2n) is 6.41. The van der Waals surface area contributed by atoms with Crippen LogP contribution in [-0.4, -0.2) is 45.2 Å². The summed E-state index contributed by atoms with van der Waals surface area (Å²) in [5.41, 5.74) is 0.550. The zero-order chi connectivity index (χ0) is 20.4.